The van der Waals surface area contributed by atoms with Crippen molar-refractivity contribution in [3.05, 3.63) is 24.3 Å². The van der Waals surface area contributed by atoms with Gasteiger partial charge in [-0.15, -0.1) is 0 Å². The zero-order valence-corrected chi connectivity index (χ0v) is 8.72. The van der Waals surface area contributed by atoms with Crippen molar-refractivity contribution < 1.29 is 27.1 Å². The molecular weight excluding hydrogens is 242 g/mol. The van der Waals surface area contributed by atoms with Crippen molar-refractivity contribution in [2.75, 3.05) is 12.4 Å². The number of halogens is 4. The summed E-state index contributed by atoms with van der Waals surface area (Å²) in [4.78, 5) is 10.9. The molecular formula is C10H9F4NO2. The lowest BCUT2D eigenvalue weighted by Gasteiger charge is -2.15. The monoisotopic (exact) mass is 251 g/mol. The first-order valence-corrected chi connectivity index (χ1v) is 4.49. The molecule has 1 rings (SSSR count). The van der Waals surface area contributed by atoms with Crippen LogP contribution in [0.5, 0.6) is 5.75 Å². The lowest BCUT2D eigenvalue weighted by molar-refractivity contribution is -0.163. The summed E-state index contributed by atoms with van der Waals surface area (Å²) in [5, 5.41) is 1.69. The second-order valence-electron chi connectivity index (χ2n) is 3.11. The Morgan fingerprint density at radius 2 is 2.06 bits per heavy atom. The van der Waals surface area contributed by atoms with Crippen molar-refractivity contribution in [3.8, 4) is 5.75 Å². The van der Waals surface area contributed by atoms with E-state index in [1.807, 2.05) is 0 Å². The van der Waals surface area contributed by atoms with Crippen LogP contribution >= 0.6 is 0 Å². The van der Waals surface area contributed by atoms with Crippen molar-refractivity contribution in [1.82, 2.24) is 0 Å². The van der Waals surface area contributed by atoms with Gasteiger partial charge in [-0.25, -0.2) is 8.78 Å². The molecule has 0 atom stereocenters. The third-order valence-electron chi connectivity index (χ3n) is 1.90. The molecule has 0 saturated carbocycles. The predicted octanol–water partition coefficient (Wildman–Crippen LogP) is 2.53. The van der Waals surface area contributed by atoms with Crippen LogP contribution in [0.4, 0.5) is 23.2 Å². The number of hydrogen-bond donors (Lipinski definition) is 1. The van der Waals surface area contributed by atoms with Crippen LogP contribution in [0.3, 0.4) is 0 Å². The summed E-state index contributed by atoms with van der Waals surface area (Å²) in [6.45, 7) is 0. The van der Waals surface area contributed by atoms with Gasteiger partial charge in [0, 0.05) is 11.8 Å². The van der Waals surface area contributed by atoms with E-state index in [2.05, 4.69) is 0 Å². The van der Waals surface area contributed by atoms with E-state index in [4.69, 9.17) is 4.74 Å². The molecule has 0 fully saturated rings. The lowest BCUT2D eigenvalue weighted by Crippen LogP contribution is -2.40. The molecule has 0 spiro atoms. The Hall–Kier alpha value is -1.79. The summed E-state index contributed by atoms with van der Waals surface area (Å²) in [6.07, 6.45) is -4.05. The van der Waals surface area contributed by atoms with Gasteiger partial charge in [0.2, 0.25) is 0 Å². The second-order valence-corrected chi connectivity index (χ2v) is 3.11. The predicted molar refractivity (Wildman–Crippen MR) is 52.6 cm³/mol. The van der Waals surface area contributed by atoms with Gasteiger partial charge in [-0.2, -0.15) is 8.78 Å². The first-order valence-electron chi connectivity index (χ1n) is 4.49. The van der Waals surface area contributed by atoms with Gasteiger partial charge in [0.15, 0.2) is 0 Å². The van der Waals surface area contributed by atoms with Crippen LogP contribution in [-0.2, 0) is 4.79 Å². The zero-order chi connectivity index (χ0) is 13.1. The number of hydrogen-bond acceptors (Lipinski definition) is 2. The summed E-state index contributed by atoms with van der Waals surface area (Å²) in [7, 11) is 1.34. The Balaban J connectivity index is 2.81. The maximum atomic E-state index is 12.6. The molecule has 7 heteroatoms. The largest absolute Gasteiger partial charge is 0.497 e. The van der Waals surface area contributed by atoms with Crippen molar-refractivity contribution >= 4 is 11.6 Å². The third-order valence-corrected chi connectivity index (χ3v) is 1.90. The van der Waals surface area contributed by atoms with E-state index < -0.39 is 18.3 Å². The Morgan fingerprint density at radius 1 is 1.41 bits per heavy atom. The zero-order valence-electron chi connectivity index (χ0n) is 8.72. The average molecular weight is 251 g/mol. The van der Waals surface area contributed by atoms with Crippen molar-refractivity contribution in [2.45, 2.75) is 12.3 Å². The van der Waals surface area contributed by atoms with Crippen LogP contribution < -0.4 is 10.1 Å². The fourth-order valence-corrected chi connectivity index (χ4v) is 1.01. The maximum Gasteiger partial charge on any atom is 0.383 e. The Kier molecular flexibility index (Phi) is 3.93. The van der Waals surface area contributed by atoms with Gasteiger partial charge in [-0.1, -0.05) is 6.07 Å². The maximum absolute atomic E-state index is 12.6. The summed E-state index contributed by atoms with van der Waals surface area (Å²) in [5.41, 5.74) is -0.0466. The molecule has 1 aromatic rings. The molecule has 1 aromatic carbocycles. The molecule has 0 aliphatic rings. The molecule has 0 aromatic heterocycles. The van der Waals surface area contributed by atoms with Gasteiger partial charge in [-0.3, -0.25) is 4.79 Å². The smallest absolute Gasteiger partial charge is 0.383 e. The number of methoxy groups -OCH3 is 1. The molecule has 94 valence electrons. The number of rotatable bonds is 4. The molecule has 0 aliphatic heterocycles. The van der Waals surface area contributed by atoms with Crippen LogP contribution in [-0.4, -0.2) is 25.4 Å². The van der Waals surface area contributed by atoms with E-state index in [1.165, 1.54) is 31.4 Å². The highest BCUT2D eigenvalue weighted by Gasteiger charge is 2.48. The van der Waals surface area contributed by atoms with Crippen molar-refractivity contribution in [3.63, 3.8) is 0 Å². The van der Waals surface area contributed by atoms with Gasteiger partial charge >= 0.3 is 18.3 Å². The number of nitrogens with one attached hydrogen (secondary N) is 1. The first kappa shape index (κ1) is 13.3. The highest BCUT2D eigenvalue weighted by molar-refractivity contribution is 5.96. The van der Waals surface area contributed by atoms with Crippen LogP contribution in [0.1, 0.15) is 0 Å². The van der Waals surface area contributed by atoms with Gasteiger partial charge in [0.25, 0.3) is 0 Å². The van der Waals surface area contributed by atoms with Gasteiger partial charge in [0.05, 0.1) is 7.11 Å². The highest BCUT2D eigenvalue weighted by atomic mass is 19.3. The van der Waals surface area contributed by atoms with Crippen LogP contribution in [0.25, 0.3) is 0 Å². The van der Waals surface area contributed by atoms with Crippen LogP contribution in [0, 0.1) is 0 Å². The number of carbonyl (C=O) groups excluding carboxylic acids is 1. The molecule has 0 aliphatic carbocycles. The first-order chi connectivity index (χ1) is 7.87. The Labute approximate surface area is 94.4 Å². The molecule has 0 bridgehead atoms. The SMILES string of the molecule is COc1cccc(NC(=O)C(F)(F)C(F)F)c1. The lowest BCUT2D eigenvalue weighted by atomic mass is 10.2. The second kappa shape index (κ2) is 5.03. The molecule has 3 nitrogen and oxygen atoms in total. The normalized spacial score (nSPS) is 11.4. The van der Waals surface area contributed by atoms with Crippen molar-refractivity contribution in [1.29, 1.82) is 0 Å². The van der Waals surface area contributed by atoms with E-state index in [0.717, 1.165) is 0 Å². The minimum atomic E-state index is -4.72. The average Bonchev–Trinajstić information content (AvgIpc) is 2.29. The Morgan fingerprint density at radius 3 is 2.59 bits per heavy atom. The van der Waals surface area contributed by atoms with Gasteiger partial charge in [-0.05, 0) is 12.1 Å². The Bertz CT molecular complexity index is 409. The fraction of sp³-hybridized carbons (Fsp3) is 0.300. The fourth-order valence-electron chi connectivity index (χ4n) is 1.01. The number of benzene rings is 1. The minimum Gasteiger partial charge on any atom is -0.497 e. The van der Waals surface area contributed by atoms with Crippen LogP contribution in [0.2, 0.25) is 0 Å². The number of amides is 1. The van der Waals surface area contributed by atoms with E-state index in [9.17, 15) is 22.4 Å². The molecule has 17 heavy (non-hydrogen) atoms. The third kappa shape index (κ3) is 3.08. The quantitative estimate of drug-likeness (QED) is 0.835. The van der Waals surface area contributed by atoms with Gasteiger partial charge < -0.3 is 10.1 Å². The van der Waals surface area contributed by atoms with E-state index in [-0.39, 0.29) is 5.69 Å². The van der Waals surface area contributed by atoms with E-state index in [0.29, 0.717) is 5.75 Å². The summed E-state index contributed by atoms with van der Waals surface area (Å²) in [5.74, 6) is -6.47. The van der Waals surface area contributed by atoms with Crippen molar-refractivity contribution in [2.24, 2.45) is 0 Å². The highest BCUT2D eigenvalue weighted by Crippen LogP contribution is 2.25. The van der Waals surface area contributed by atoms with E-state index in [1.54, 1.807) is 5.32 Å². The number of alkyl halides is 4. The molecule has 0 heterocycles. The number of carbonyl (C=O) groups is 1. The summed E-state index contributed by atoms with van der Waals surface area (Å²) in [6, 6.07) is 5.46. The molecule has 0 unspecified atom stereocenters. The number of anilines is 1. The summed E-state index contributed by atoms with van der Waals surface area (Å²) >= 11 is 0. The standard InChI is InChI=1S/C10H9F4NO2/c1-17-7-4-2-3-6(5-7)15-9(16)10(13,14)8(11)12/h2-5,8H,1H3,(H,15,16). The van der Waals surface area contributed by atoms with E-state index >= 15 is 0 Å². The van der Waals surface area contributed by atoms with Crippen LogP contribution in [0.15, 0.2) is 24.3 Å². The number of ether oxygens (including phenoxy) is 1. The molecule has 0 radical (unpaired) electrons. The summed E-state index contributed by atoms with van der Waals surface area (Å²) < 4.78 is 53.8. The topological polar surface area (TPSA) is 38.3 Å². The van der Waals surface area contributed by atoms with Gasteiger partial charge in [0.1, 0.15) is 5.75 Å². The minimum absolute atomic E-state index is 0.0466. The molecule has 1 amide bonds. The molecule has 1 N–H and O–H groups in total. The molecule has 0 saturated heterocycles.